The van der Waals surface area contributed by atoms with Crippen LogP contribution in [-0.2, 0) is 11.8 Å². The van der Waals surface area contributed by atoms with Crippen molar-refractivity contribution in [2.45, 2.75) is 0 Å². The number of aryl methyl sites for hydroxylation is 1. The number of hydrogen-bond acceptors (Lipinski definition) is 6. The van der Waals surface area contributed by atoms with Crippen LogP contribution in [-0.4, -0.2) is 23.8 Å². The number of hydrazone groups is 1. The molecule has 0 amide bonds. The number of anilines is 1. The maximum absolute atomic E-state index is 11.6. The van der Waals surface area contributed by atoms with Crippen LogP contribution in [0.25, 0.3) is 0 Å². The van der Waals surface area contributed by atoms with E-state index in [0.717, 1.165) is 5.69 Å². The molecule has 1 N–H and O–H groups in total. The van der Waals surface area contributed by atoms with Crippen molar-refractivity contribution in [3.05, 3.63) is 40.9 Å². The first-order valence-electron chi connectivity index (χ1n) is 5.51. The summed E-state index contributed by atoms with van der Waals surface area (Å²) in [5.41, 5.74) is 4.12. The van der Waals surface area contributed by atoms with E-state index in [4.69, 9.17) is 4.74 Å². The van der Waals surface area contributed by atoms with Crippen molar-refractivity contribution in [1.82, 2.24) is 4.49 Å². The van der Waals surface area contributed by atoms with Crippen molar-refractivity contribution in [2.75, 3.05) is 12.5 Å². The molecule has 0 aliphatic carbocycles. The van der Waals surface area contributed by atoms with Gasteiger partial charge in [0.05, 0.1) is 23.5 Å². The fourth-order valence-electron chi connectivity index (χ4n) is 1.44. The standard InChI is InChI=1S/C12H12N4O2S/c1-16-11(12(17)18-2)10(19-15-16)8-13-14-9-6-4-3-5-7-9/h3-8H,1-2H3/p+1. The Morgan fingerprint density at radius 3 is 2.89 bits per heavy atom. The lowest BCUT2D eigenvalue weighted by Crippen LogP contribution is -2.37. The first-order chi connectivity index (χ1) is 9.22. The first-order valence-corrected chi connectivity index (χ1v) is 6.28. The summed E-state index contributed by atoms with van der Waals surface area (Å²) in [5.74, 6) is -0.433. The number of aromatic nitrogens is 2. The maximum Gasteiger partial charge on any atom is 0.407 e. The van der Waals surface area contributed by atoms with E-state index < -0.39 is 5.97 Å². The fourth-order valence-corrected chi connectivity index (χ4v) is 2.13. The molecule has 2 rings (SSSR count). The monoisotopic (exact) mass is 277 g/mol. The van der Waals surface area contributed by atoms with Crippen LogP contribution in [0.4, 0.5) is 5.69 Å². The van der Waals surface area contributed by atoms with Crippen LogP contribution in [0.5, 0.6) is 0 Å². The number of methoxy groups -OCH3 is 1. The Kier molecular flexibility index (Phi) is 4.19. The van der Waals surface area contributed by atoms with Crippen molar-refractivity contribution in [2.24, 2.45) is 12.1 Å². The van der Waals surface area contributed by atoms with Crippen molar-refractivity contribution < 1.29 is 14.2 Å². The Morgan fingerprint density at radius 2 is 2.21 bits per heavy atom. The Bertz CT molecular complexity index is 595. The van der Waals surface area contributed by atoms with Gasteiger partial charge in [-0.25, -0.2) is 4.79 Å². The summed E-state index contributed by atoms with van der Waals surface area (Å²) in [7, 11) is 3.02. The molecule has 19 heavy (non-hydrogen) atoms. The Balaban J connectivity index is 2.13. The lowest BCUT2D eigenvalue weighted by atomic mass is 10.3. The van der Waals surface area contributed by atoms with E-state index in [1.165, 1.54) is 23.3 Å². The molecule has 1 heterocycles. The molecule has 0 fully saturated rings. The number of esters is 1. The van der Waals surface area contributed by atoms with Crippen LogP contribution in [0.1, 0.15) is 15.4 Å². The smallest absolute Gasteiger partial charge is 0.407 e. The number of hydrogen-bond donors (Lipinski definition) is 1. The summed E-state index contributed by atoms with van der Waals surface area (Å²) in [6.45, 7) is 0. The summed E-state index contributed by atoms with van der Waals surface area (Å²) in [6, 6.07) is 9.53. The number of nitrogens with one attached hydrogen (secondary N) is 1. The van der Waals surface area contributed by atoms with Crippen molar-refractivity contribution in [3.8, 4) is 0 Å². The molecule has 2 aromatic rings. The van der Waals surface area contributed by atoms with Gasteiger partial charge in [0.2, 0.25) is 0 Å². The predicted molar refractivity (Wildman–Crippen MR) is 72.3 cm³/mol. The van der Waals surface area contributed by atoms with Gasteiger partial charge < -0.3 is 4.74 Å². The third-order valence-corrected chi connectivity index (χ3v) is 3.17. The average Bonchev–Trinajstić information content (AvgIpc) is 2.80. The van der Waals surface area contributed by atoms with Crippen molar-refractivity contribution in [3.63, 3.8) is 0 Å². The second-order valence-electron chi connectivity index (χ2n) is 3.64. The average molecular weight is 277 g/mol. The lowest BCUT2D eigenvalue weighted by molar-refractivity contribution is -0.725. The second kappa shape index (κ2) is 6.05. The topological polar surface area (TPSA) is 67.5 Å². The van der Waals surface area contributed by atoms with E-state index in [9.17, 15) is 4.79 Å². The zero-order chi connectivity index (χ0) is 13.7. The van der Waals surface area contributed by atoms with Crippen LogP contribution in [0.15, 0.2) is 35.4 Å². The van der Waals surface area contributed by atoms with Crippen LogP contribution >= 0.6 is 11.5 Å². The van der Waals surface area contributed by atoms with E-state index in [2.05, 4.69) is 15.0 Å². The third kappa shape index (κ3) is 3.14. The molecule has 1 aromatic carbocycles. The number of nitrogens with zero attached hydrogens (tertiary/aromatic N) is 3. The second-order valence-corrected chi connectivity index (χ2v) is 4.42. The zero-order valence-corrected chi connectivity index (χ0v) is 11.3. The summed E-state index contributed by atoms with van der Waals surface area (Å²) in [5, 5.41) is 4.08. The molecule has 7 heteroatoms. The van der Waals surface area contributed by atoms with Gasteiger partial charge in [0.1, 0.15) is 0 Å². The summed E-state index contributed by atoms with van der Waals surface area (Å²) < 4.78 is 10.2. The largest absolute Gasteiger partial charge is 0.461 e. The molecule has 0 saturated heterocycles. The van der Waals surface area contributed by atoms with Gasteiger partial charge in [0.25, 0.3) is 0 Å². The van der Waals surface area contributed by atoms with Gasteiger partial charge in [-0.05, 0) is 12.1 Å². The number of rotatable bonds is 4. The van der Waals surface area contributed by atoms with Gasteiger partial charge in [-0.3, -0.25) is 5.43 Å². The predicted octanol–water partition coefficient (Wildman–Crippen LogP) is 1.20. The minimum atomic E-state index is -0.433. The maximum atomic E-state index is 11.6. The summed E-state index contributed by atoms with van der Waals surface area (Å²) >= 11 is 1.18. The van der Waals surface area contributed by atoms with Gasteiger partial charge in [-0.2, -0.15) is 5.10 Å². The van der Waals surface area contributed by atoms with Gasteiger partial charge >= 0.3 is 11.7 Å². The van der Waals surface area contributed by atoms with Crippen LogP contribution in [0.3, 0.4) is 0 Å². The lowest BCUT2D eigenvalue weighted by Gasteiger charge is -1.97. The Labute approximate surface area is 114 Å². The summed E-state index contributed by atoms with van der Waals surface area (Å²) in [6.07, 6.45) is 1.55. The SMILES string of the molecule is COC(=O)c1c(C=NNc2ccccc2)sn[n+]1C. The highest BCUT2D eigenvalue weighted by Gasteiger charge is 2.26. The van der Waals surface area contributed by atoms with Gasteiger partial charge in [-0.15, -0.1) is 0 Å². The number of carbonyl (C=O) groups excluding carboxylic acids is 1. The first kappa shape index (κ1) is 13.2. The van der Waals surface area contributed by atoms with E-state index in [1.54, 1.807) is 13.3 Å². The molecule has 0 aliphatic rings. The fraction of sp³-hybridized carbons (Fsp3) is 0.167. The minimum Gasteiger partial charge on any atom is -0.461 e. The molecule has 98 valence electrons. The highest BCUT2D eigenvalue weighted by Crippen LogP contribution is 2.08. The van der Waals surface area contributed by atoms with Crippen LogP contribution < -0.4 is 10.1 Å². The van der Waals surface area contributed by atoms with E-state index in [1.807, 2.05) is 30.3 Å². The number of ether oxygens (including phenoxy) is 1. The molecular formula is C12H13N4O2S+. The third-order valence-electron chi connectivity index (χ3n) is 2.35. The molecule has 6 nitrogen and oxygen atoms in total. The quantitative estimate of drug-likeness (QED) is 0.395. The zero-order valence-electron chi connectivity index (χ0n) is 10.5. The molecule has 0 saturated carbocycles. The molecular weight excluding hydrogens is 264 g/mol. The number of carbonyl (C=O) groups is 1. The molecule has 1 aromatic heterocycles. The number of para-hydroxylation sites is 1. The number of benzene rings is 1. The highest BCUT2D eigenvalue weighted by molar-refractivity contribution is 7.07. The Morgan fingerprint density at radius 1 is 1.47 bits per heavy atom. The molecule has 0 atom stereocenters. The van der Waals surface area contributed by atoms with Crippen molar-refractivity contribution >= 4 is 29.4 Å². The molecule has 0 spiro atoms. The van der Waals surface area contributed by atoms with E-state index >= 15 is 0 Å². The van der Waals surface area contributed by atoms with E-state index in [-0.39, 0.29) is 0 Å². The minimum absolute atomic E-state index is 0.381. The molecule has 0 bridgehead atoms. The van der Waals surface area contributed by atoms with Gasteiger partial charge in [0.15, 0.2) is 11.9 Å². The normalized spacial score (nSPS) is 10.6. The van der Waals surface area contributed by atoms with Gasteiger partial charge in [0, 0.05) is 11.5 Å². The van der Waals surface area contributed by atoms with Crippen molar-refractivity contribution in [1.29, 1.82) is 0 Å². The highest BCUT2D eigenvalue weighted by atomic mass is 32.1. The van der Waals surface area contributed by atoms with Crippen LogP contribution in [0.2, 0.25) is 0 Å². The Hall–Kier alpha value is -2.28. The van der Waals surface area contributed by atoms with Crippen LogP contribution in [0, 0.1) is 0 Å². The molecule has 0 unspecified atom stereocenters. The van der Waals surface area contributed by atoms with E-state index in [0.29, 0.717) is 10.6 Å². The molecule has 0 radical (unpaired) electrons. The van der Waals surface area contributed by atoms with Gasteiger partial charge in [-0.1, -0.05) is 22.9 Å². The molecule has 0 aliphatic heterocycles. The summed E-state index contributed by atoms with van der Waals surface area (Å²) in [4.78, 5) is 12.2.